The molecule has 82 heavy (non-hydrogen) atoms. The molecule has 0 saturated carbocycles. The summed E-state index contributed by atoms with van der Waals surface area (Å²) in [5.74, 6) is 0.640. The third kappa shape index (κ3) is 26.0. The number of unbranched alkanes of at least 4 members (excludes halogenated alkanes) is 2. The van der Waals surface area contributed by atoms with Crippen molar-refractivity contribution in [1.29, 1.82) is 0 Å². The van der Waals surface area contributed by atoms with E-state index < -0.39 is 6.10 Å². The van der Waals surface area contributed by atoms with Gasteiger partial charge < -0.3 is 14.7 Å². The summed E-state index contributed by atoms with van der Waals surface area (Å²) in [6.07, 6.45) is 4.88. The third-order valence-corrected chi connectivity index (χ3v) is 13.7. The van der Waals surface area contributed by atoms with Gasteiger partial charge in [-0.3, -0.25) is 9.68 Å². The van der Waals surface area contributed by atoms with E-state index in [2.05, 4.69) is 223 Å². The van der Waals surface area contributed by atoms with Gasteiger partial charge in [0.2, 0.25) is 0 Å². The lowest BCUT2D eigenvalue weighted by Gasteiger charge is -2.44. The molecular formula is C72H109N3O7. The van der Waals surface area contributed by atoms with E-state index in [4.69, 9.17) is 14.4 Å². The van der Waals surface area contributed by atoms with Crippen LogP contribution in [0.4, 0.5) is 0 Å². The summed E-state index contributed by atoms with van der Waals surface area (Å²) >= 11 is 0. The zero-order valence-corrected chi connectivity index (χ0v) is 54.1. The van der Waals surface area contributed by atoms with Crippen molar-refractivity contribution >= 4 is 11.9 Å². The van der Waals surface area contributed by atoms with E-state index in [0.717, 1.165) is 31.2 Å². The molecule has 0 amide bonds. The normalized spacial score (nSPS) is 14.1. The van der Waals surface area contributed by atoms with Gasteiger partial charge >= 0.3 is 11.9 Å². The fourth-order valence-corrected chi connectivity index (χ4v) is 9.34. The Kier molecular flexibility index (Phi) is 32.8. The van der Waals surface area contributed by atoms with Crippen molar-refractivity contribution in [3.63, 3.8) is 0 Å². The molecule has 0 heterocycles. The molecule has 0 spiro atoms. The average molecular weight is 1130 g/mol. The van der Waals surface area contributed by atoms with Crippen LogP contribution >= 0.6 is 0 Å². The second-order valence-electron chi connectivity index (χ2n) is 25.4. The maximum absolute atomic E-state index is 13.2. The van der Waals surface area contributed by atoms with Crippen molar-refractivity contribution in [1.82, 2.24) is 15.2 Å². The van der Waals surface area contributed by atoms with Crippen LogP contribution in [0.2, 0.25) is 0 Å². The number of carbonyl (C=O) groups is 2. The second kappa shape index (κ2) is 37.0. The van der Waals surface area contributed by atoms with Crippen LogP contribution in [0.15, 0.2) is 164 Å². The second-order valence-corrected chi connectivity index (χ2v) is 25.4. The molecule has 0 aromatic heterocycles. The number of hydrogen-bond donors (Lipinski definition) is 1. The molecule has 10 nitrogen and oxygen atoms in total. The standard InChI is InChI=1S/C29H43NO3.C22H31NO.C14H23NO.C7H12O2/c1-8-9-20-32-28(31)26(21-23(4)24-16-12-10-13-17-24)33-30(29(5,6)7)27(22(2)3)25-18-14-11-15-19-25;1-17(2)21(20-15-11-8-12-16-20)23(22(4,5)6)24-18(3)19-13-9-7-10-14-19;1-11(2)13(15(16)14(3,4)5)12-9-7-6-8-10-12;1-3-5-6-9-7(8)4-2/h10-19,22-23,26-27H,8-9,20-21H2,1-7H3;7-18,21H,1-6H3;6-11,13,16H,1-5H3;4H,2-3,5-6H2,1H3. The zero-order valence-electron chi connectivity index (χ0n) is 54.1. The van der Waals surface area contributed by atoms with Gasteiger partial charge in [-0.1, -0.05) is 233 Å². The Morgan fingerprint density at radius 3 is 1.13 bits per heavy atom. The summed E-state index contributed by atoms with van der Waals surface area (Å²) in [7, 11) is 0. The molecule has 6 atom stereocenters. The third-order valence-electron chi connectivity index (χ3n) is 13.7. The van der Waals surface area contributed by atoms with Gasteiger partial charge in [0.15, 0.2) is 6.10 Å². The molecule has 454 valence electrons. The molecule has 1 N–H and O–H groups in total. The van der Waals surface area contributed by atoms with Crippen molar-refractivity contribution in [2.24, 2.45) is 17.8 Å². The van der Waals surface area contributed by atoms with Gasteiger partial charge in [-0.05, 0) is 140 Å². The predicted molar refractivity (Wildman–Crippen MR) is 341 cm³/mol. The number of rotatable bonds is 25. The van der Waals surface area contributed by atoms with Crippen molar-refractivity contribution in [3.8, 4) is 0 Å². The highest BCUT2D eigenvalue weighted by atomic mass is 16.7. The van der Waals surface area contributed by atoms with Gasteiger partial charge in [0.25, 0.3) is 0 Å². The Bertz CT molecular complexity index is 2450. The maximum Gasteiger partial charge on any atom is 0.337 e. The van der Waals surface area contributed by atoms with Crippen LogP contribution < -0.4 is 0 Å². The van der Waals surface area contributed by atoms with Crippen LogP contribution in [0.25, 0.3) is 0 Å². The number of carbonyl (C=O) groups excluding carboxylic acids is 2. The lowest BCUT2D eigenvalue weighted by atomic mass is 9.92. The number of nitrogens with zero attached hydrogens (tertiary/aromatic N) is 3. The fraction of sp³-hybridized carbons (Fsp3) is 0.528. The first kappa shape index (κ1) is 72.6. The Morgan fingerprint density at radius 2 is 0.805 bits per heavy atom. The Labute approximate surface area is 498 Å². The van der Waals surface area contributed by atoms with Crippen LogP contribution in [-0.2, 0) is 28.7 Å². The minimum atomic E-state index is -0.679. The summed E-state index contributed by atoms with van der Waals surface area (Å²) in [5.41, 5.74) is 5.36. The molecular weight excluding hydrogens is 1020 g/mol. The van der Waals surface area contributed by atoms with E-state index in [-0.39, 0.29) is 64.6 Å². The minimum Gasteiger partial charge on any atom is -0.464 e. The minimum absolute atomic E-state index is 0.00386. The van der Waals surface area contributed by atoms with Gasteiger partial charge in [0, 0.05) is 22.7 Å². The van der Waals surface area contributed by atoms with E-state index >= 15 is 0 Å². The molecule has 0 fully saturated rings. The zero-order chi connectivity index (χ0) is 61.6. The molecule has 0 aliphatic carbocycles. The van der Waals surface area contributed by atoms with Crippen molar-refractivity contribution in [2.45, 2.75) is 217 Å². The van der Waals surface area contributed by atoms with Crippen molar-refractivity contribution < 1.29 is 33.9 Å². The van der Waals surface area contributed by atoms with E-state index in [1.807, 2.05) is 81.3 Å². The number of ether oxygens (including phenoxy) is 2. The fourth-order valence-electron chi connectivity index (χ4n) is 9.34. The quantitative estimate of drug-likeness (QED) is 0.0263. The summed E-state index contributed by atoms with van der Waals surface area (Å²) in [6.45, 7) is 44.9. The Hall–Kier alpha value is -5.46. The van der Waals surface area contributed by atoms with E-state index in [9.17, 15) is 14.8 Å². The summed E-state index contributed by atoms with van der Waals surface area (Å²) in [6, 6.07) is 52.2. The molecule has 5 rings (SSSR count). The molecule has 5 aromatic rings. The van der Waals surface area contributed by atoms with Crippen LogP contribution in [0.5, 0.6) is 0 Å². The first-order chi connectivity index (χ1) is 38.6. The summed E-state index contributed by atoms with van der Waals surface area (Å²) in [5, 5.41) is 16.0. The summed E-state index contributed by atoms with van der Waals surface area (Å²) in [4.78, 5) is 36.7. The smallest absolute Gasteiger partial charge is 0.337 e. The number of esters is 2. The molecule has 0 radical (unpaired) electrons. The number of benzene rings is 5. The van der Waals surface area contributed by atoms with Gasteiger partial charge in [-0.15, -0.1) is 0 Å². The molecule has 0 aliphatic rings. The molecule has 6 unspecified atom stereocenters. The van der Waals surface area contributed by atoms with Gasteiger partial charge in [-0.2, -0.15) is 15.2 Å². The molecule has 10 heteroatoms. The highest BCUT2D eigenvalue weighted by Crippen LogP contribution is 2.39. The monoisotopic (exact) mass is 1130 g/mol. The lowest BCUT2D eigenvalue weighted by Crippen LogP contribution is -2.49. The van der Waals surface area contributed by atoms with Crippen molar-refractivity contribution in [2.75, 3.05) is 13.2 Å². The van der Waals surface area contributed by atoms with Gasteiger partial charge in [0.1, 0.15) is 6.10 Å². The predicted octanol–water partition coefficient (Wildman–Crippen LogP) is 18.9. The SMILES string of the molecule is C=CC(=O)OCCCC.CC(C)C(c1ccccc1)N(O)C(C)(C)C.CC(ON(C(c1ccccc1)C(C)C)C(C)(C)C)c1ccccc1.CCCCOC(=O)C(CC(C)c1ccccc1)ON(C(c1ccccc1)C(C)C)C(C)(C)C. The highest BCUT2D eigenvalue weighted by Gasteiger charge is 2.39. The first-order valence-corrected chi connectivity index (χ1v) is 30.2. The molecule has 0 saturated heterocycles. The Balaban J connectivity index is 0.000000409. The first-order valence-electron chi connectivity index (χ1n) is 30.2. The summed E-state index contributed by atoms with van der Waals surface area (Å²) < 4.78 is 10.3. The van der Waals surface area contributed by atoms with Crippen molar-refractivity contribution in [3.05, 3.63) is 192 Å². The lowest BCUT2D eigenvalue weighted by molar-refractivity contribution is -0.275. The van der Waals surface area contributed by atoms with Crippen LogP contribution in [0.1, 0.15) is 222 Å². The number of hydroxylamine groups is 6. The molecule has 0 aliphatic heterocycles. The largest absolute Gasteiger partial charge is 0.464 e. The van der Waals surface area contributed by atoms with E-state index in [1.165, 1.54) is 33.4 Å². The Morgan fingerprint density at radius 1 is 0.476 bits per heavy atom. The number of hydrogen-bond acceptors (Lipinski definition) is 10. The van der Waals surface area contributed by atoms with Gasteiger partial charge in [-0.25, -0.2) is 9.59 Å². The van der Waals surface area contributed by atoms with E-state index in [1.54, 1.807) is 0 Å². The average Bonchev–Trinajstić information content (AvgIpc) is 3.62. The van der Waals surface area contributed by atoms with E-state index in [0.29, 0.717) is 31.5 Å². The van der Waals surface area contributed by atoms with Gasteiger partial charge in [0.05, 0.1) is 31.3 Å². The van der Waals surface area contributed by atoms with Crippen LogP contribution in [0, 0.1) is 17.8 Å². The molecule has 5 aromatic carbocycles. The highest BCUT2D eigenvalue weighted by molar-refractivity contribution is 5.81. The topological polar surface area (TPSA) is 101 Å². The van der Waals surface area contributed by atoms with Crippen LogP contribution in [0.3, 0.4) is 0 Å². The maximum atomic E-state index is 13.2. The molecule has 0 bridgehead atoms. The van der Waals surface area contributed by atoms with Crippen LogP contribution in [-0.4, -0.2) is 68.3 Å².